The first kappa shape index (κ1) is 14.1. The number of aryl methyl sites for hydroxylation is 1. The maximum absolute atomic E-state index is 11.7. The zero-order valence-electron chi connectivity index (χ0n) is 11.7. The molecule has 0 atom stereocenters. The van der Waals surface area contributed by atoms with Gasteiger partial charge in [-0.2, -0.15) is 0 Å². The summed E-state index contributed by atoms with van der Waals surface area (Å²) in [6.45, 7) is 3.25. The molecule has 2 N–H and O–H groups in total. The highest BCUT2D eigenvalue weighted by Crippen LogP contribution is 2.05. The van der Waals surface area contributed by atoms with E-state index in [1.165, 1.54) is 11.1 Å². The molecule has 0 heterocycles. The highest BCUT2D eigenvalue weighted by Gasteiger charge is 2.01. The van der Waals surface area contributed by atoms with Gasteiger partial charge in [0.15, 0.2) is 0 Å². The van der Waals surface area contributed by atoms with Gasteiger partial charge < -0.3 is 10.6 Å². The Labute approximate surface area is 120 Å². The molecule has 104 valence electrons. The number of benzene rings is 2. The van der Waals surface area contributed by atoms with Crippen LogP contribution in [-0.4, -0.2) is 12.6 Å². The zero-order chi connectivity index (χ0) is 14.2. The van der Waals surface area contributed by atoms with Crippen LogP contribution in [0.5, 0.6) is 0 Å². The summed E-state index contributed by atoms with van der Waals surface area (Å²) in [6, 6.07) is 18.1. The van der Waals surface area contributed by atoms with Crippen LogP contribution in [0.15, 0.2) is 54.6 Å². The predicted molar refractivity (Wildman–Crippen MR) is 81.6 cm³/mol. The third-order valence-electron chi connectivity index (χ3n) is 3.24. The molecule has 0 aliphatic rings. The van der Waals surface area contributed by atoms with E-state index in [9.17, 15) is 4.79 Å². The first-order valence-corrected chi connectivity index (χ1v) is 6.86. The molecule has 0 spiro atoms. The summed E-state index contributed by atoms with van der Waals surface area (Å²) in [5.74, 6) is 0. The number of nitrogens with one attached hydrogen (secondary N) is 2. The number of rotatable bonds is 5. The summed E-state index contributed by atoms with van der Waals surface area (Å²) in [6.07, 6.45) is 0.846. The smallest absolute Gasteiger partial charge is 0.315 e. The van der Waals surface area contributed by atoms with Gasteiger partial charge in [0, 0.05) is 13.1 Å². The Morgan fingerprint density at radius 1 is 0.950 bits per heavy atom. The van der Waals surface area contributed by atoms with Gasteiger partial charge in [-0.3, -0.25) is 0 Å². The summed E-state index contributed by atoms with van der Waals surface area (Å²) >= 11 is 0. The molecule has 0 bridgehead atoms. The van der Waals surface area contributed by atoms with Crippen molar-refractivity contribution in [2.45, 2.75) is 19.9 Å². The Hall–Kier alpha value is -2.29. The summed E-state index contributed by atoms with van der Waals surface area (Å²) < 4.78 is 0. The molecule has 0 unspecified atom stereocenters. The molecular weight excluding hydrogens is 248 g/mol. The minimum Gasteiger partial charge on any atom is -0.338 e. The fraction of sp³-hybridized carbons (Fsp3) is 0.235. The van der Waals surface area contributed by atoms with Gasteiger partial charge in [0.05, 0.1) is 0 Å². The van der Waals surface area contributed by atoms with E-state index < -0.39 is 0 Å². The van der Waals surface area contributed by atoms with Gasteiger partial charge >= 0.3 is 6.03 Å². The first-order chi connectivity index (χ1) is 9.75. The first-order valence-electron chi connectivity index (χ1n) is 6.86. The predicted octanol–water partition coefficient (Wildman–Crippen LogP) is 3.04. The van der Waals surface area contributed by atoms with E-state index >= 15 is 0 Å². The molecule has 3 nitrogen and oxygen atoms in total. The van der Waals surface area contributed by atoms with Crippen LogP contribution in [0.25, 0.3) is 0 Å². The second-order valence-electron chi connectivity index (χ2n) is 4.77. The molecule has 2 aromatic carbocycles. The Bertz CT molecular complexity index is 552. The molecule has 0 radical (unpaired) electrons. The van der Waals surface area contributed by atoms with Crippen molar-refractivity contribution in [2.75, 3.05) is 6.54 Å². The maximum atomic E-state index is 11.7. The Balaban J connectivity index is 1.70. The van der Waals surface area contributed by atoms with E-state index in [0.29, 0.717) is 13.1 Å². The number of urea groups is 1. The van der Waals surface area contributed by atoms with Gasteiger partial charge in [-0.25, -0.2) is 4.79 Å². The van der Waals surface area contributed by atoms with Crippen LogP contribution < -0.4 is 10.6 Å². The third kappa shape index (κ3) is 4.43. The molecule has 2 rings (SSSR count). The molecule has 0 aromatic heterocycles. The number of carbonyl (C=O) groups excluding carboxylic acids is 1. The lowest BCUT2D eigenvalue weighted by atomic mass is 10.1. The molecule has 0 aliphatic heterocycles. The molecular formula is C17H20N2O. The van der Waals surface area contributed by atoms with Crippen LogP contribution in [-0.2, 0) is 13.0 Å². The zero-order valence-corrected chi connectivity index (χ0v) is 11.7. The van der Waals surface area contributed by atoms with Crippen molar-refractivity contribution < 1.29 is 4.79 Å². The van der Waals surface area contributed by atoms with Gasteiger partial charge in [-0.05, 0) is 30.0 Å². The van der Waals surface area contributed by atoms with E-state index in [2.05, 4.69) is 22.8 Å². The molecule has 2 aromatic rings. The standard InChI is InChI=1S/C17H20N2O/c1-14-7-5-6-10-16(14)13-19-17(20)18-12-11-15-8-3-2-4-9-15/h2-10H,11-13H2,1H3,(H2,18,19,20). The number of amides is 2. The summed E-state index contributed by atoms with van der Waals surface area (Å²) in [7, 11) is 0. The van der Waals surface area contributed by atoms with Crippen LogP contribution in [0.1, 0.15) is 16.7 Å². The lowest BCUT2D eigenvalue weighted by molar-refractivity contribution is 0.240. The van der Waals surface area contributed by atoms with Gasteiger partial charge in [-0.15, -0.1) is 0 Å². The second kappa shape index (κ2) is 7.34. The van der Waals surface area contributed by atoms with Gasteiger partial charge in [0.1, 0.15) is 0 Å². The van der Waals surface area contributed by atoms with Crippen LogP contribution in [0.2, 0.25) is 0 Å². The highest BCUT2D eigenvalue weighted by molar-refractivity contribution is 5.73. The van der Waals surface area contributed by atoms with Crippen molar-refractivity contribution in [3.05, 3.63) is 71.3 Å². The van der Waals surface area contributed by atoms with Crippen LogP contribution in [0.4, 0.5) is 4.79 Å². The average Bonchev–Trinajstić information content (AvgIpc) is 2.47. The molecule has 2 amide bonds. The minimum atomic E-state index is -0.121. The lowest BCUT2D eigenvalue weighted by Gasteiger charge is -2.09. The summed E-state index contributed by atoms with van der Waals surface area (Å²) in [4.78, 5) is 11.7. The number of carbonyl (C=O) groups is 1. The molecule has 20 heavy (non-hydrogen) atoms. The molecule has 0 aliphatic carbocycles. The van der Waals surface area contributed by atoms with Gasteiger partial charge in [0.2, 0.25) is 0 Å². The topological polar surface area (TPSA) is 41.1 Å². The Kier molecular flexibility index (Phi) is 5.18. The monoisotopic (exact) mass is 268 g/mol. The van der Waals surface area contributed by atoms with E-state index in [1.807, 2.05) is 49.4 Å². The minimum absolute atomic E-state index is 0.121. The number of hydrogen-bond donors (Lipinski definition) is 2. The van der Waals surface area contributed by atoms with E-state index in [4.69, 9.17) is 0 Å². The SMILES string of the molecule is Cc1ccccc1CNC(=O)NCCc1ccccc1. The maximum Gasteiger partial charge on any atom is 0.315 e. The quantitative estimate of drug-likeness (QED) is 0.860. The molecule has 0 saturated heterocycles. The molecule has 3 heteroatoms. The fourth-order valence-corrected chi connectivity index (χ4v) is 2.01. The Morgan fingerprint density at radius 2 is 1.65 bits per heavy atom. The van der Waals surface area contributed by atoms with Crippen molar-refractivity contribution >= 4 is 6.03 Å². The van der Waals surface area contributed by atoms with E-state index in [1.54, 1.807) is 0 Å². The third-order valence-corrected chi connectivity index (χ3v) is 3.24. The van der Waals surface area contributed by atoms with Gasteiger partial charge in [-0.1, -0.05) is 54.6 Å². The van der Waals surface area contributed by atoms with Crippen molar-refractivity contribution in [1.29, 1.82) is 0 Å². The second-order valence-corrected chi connectivity index (χ2v) is 4.77. The molecule has 0 fully saturated rings. The fourth-order valence-electron chi connectivity index (χ4n) is 2.01. The normalized spacial score (nSPS) is 10.1. The highest BCUT2D eigenvalue weighted by atomic mass is 16.2. The Morgan fingerprint density at radius 3 is 2.40 bits per heavy atom. The van der Waals surface area contributed by atoms with Crippen LogP contribution in [0.3, 0.4) is 0 Å². The molecule has 0 saturated carbocycles. The largest absolute Gasteiger partial charge is 0.338 e. The van der Waals surface area contributed by atoms with Crippen molar-refractivity contribution in [2.24, 2.45) is 0 Å². The van der Waals surface area contributed by atoms with Gasteiger partial charge in [0.25, 0.3) is 0 Å². The van der Waals surface area contributed by atoms with Crippen LogP contribution >= 0.6 is 0 Å². The van der Waals surface area contributed by atoms with Crippen LogP contribution in [0, 0.1) is 6.92 Å². The summed E-state index contributed by atoms with van der Waals surface area (Å²) in [5.41, 5.74) is 3.56. The average molecular weight is 268 g/mol. The number of hydrogen-bond acceptors (Lipinski definition) is 1. The van der Waals surface area contributed by atoms with Crippen molar-refractivity contribution in [1.82, 2.24) is 10.6 Å². The summed E-state index contributed by atoms with van der Waals surface area (Å²) in [5, 5.41) is 5.75. The van der Waals surface area contributed by atoms with E-state index in [0.717, 1.165) is 12.0 Å². The van der Waals surface area contributed by atoms with E-state index in [-0.39, 0.29) is 6.03 Å². The lowest BCUT2D eigenvalue weighted by Crippen LogP contribution is -2.36. The van der Waals surface area contributed by atoms with Crippen molar-refractivity contribution in [3.63, 3.8) is 0 Å². The van der Waals surface area contributed by atoms with Crippen molar-refractivity contribution in [3.8, 4) is 0 Å².